The lowest BCUT2D eigenvalue weighted by Gasteiger charge is -2.35. The van der Waals surface area contributed by atoms with Gasteiger partial charge < -0.3 is 30.5 Å². The fourth-order valence-electron chi connectivity index (χ4n) is 6.61. The molecular weight excluding hydrogens is 545 g/mol. The molecule has 1 saturated heterocycles. The van der Waals surface area contributed by atoms with Gasteiger partial charge in [-0.05, 0) is 80.6 Å². The van der Waals surface area contributed by atoms with Gasteiger partial charge in [-0.3, -0.25) is 4.79 Å². The Labute approximate surface area is 252 Å². The number of aryl methyl sites for hydroxylation is 1. The molecular formula is C33H40FN7O2. The zero-order valence-corrected chi connectivity index (χ0v) is 25.2. The topological polar surface area (TPSA) is 94.6 Å². The molecule has 5 atom stereocenters. The van der Waals surface area contributed by atoms with E-state index in [-0.39, 0.29) is 41.6 Å². The van der Waals surface area contributed by atoms with Crippen LogP contribution in [-0.4, -0.2) is 67.2 Å². The number of anilines is 4. The summed E-state index contributed by atoms with van der Waals surface area (Å²) in [6.07, 6.45) is 6.26. The van der Waals surface area contributed by atoms with Crippen LogP contribution in [0.2, 0.25) is 0 Å². The van der Waals surface area contributed by atoms with Crippen molar-refractivity contribution < 1.29 is 13.9 Å². The van der Waals surface area contributed by atoms with E-state index in [2.05, 4.69) is 74.0 Å². The van der Waals surface area contributed by atoms with Gasteiger partial charge in [-0.25, -0.2) is 9.37 Å². The molecule has 0 spiro atoms. The lowest BCUT2D eigenvalue weighted by molar-refractivity contribution is -0.126. The molecule has 1 aliphatic heterocycles. The van der Waals surface area contributed by atoms with Crippen LogP contribution < -0.4 is 25.6 Å². The smallest absolute Gasteiger partial charge is 0.229 e. The van der Waals surface area contributed by atoms with Crippen molar-refractivity contribution in [1.29, 1.82) is 0 Å². The molecule has 2 heterocycles. The number of halogens is 1. The Morgan fingerprint density at radius 2 is 1.81 bits per heavy atom. The van der Waals surface area contributed by atoms with E-state index in [4.69, 9.17) is 4.74 Å². The summed E-state index contributed by atoms with van der Waals surface area (Å²) in [7, 11) is 3.78. The van der Waals surface area contributed by atoms with E-state index in [0.717, 1.165) is 55.2 Å². The molecule has 43 heavy (non-hydrogen) atoms. The number of hydrogen-bond donors (Lipinski definition) is 3. The summed E-state index contributed by atoms with van der Waals surface area (Å²) in [4.78, 5) is 27.0. The molecule has 3 aromatic rings. The van der Waals surface area contributed by atoms with E-state index < -0.39 is 5.82 Å². The number of carbonyl (C=O) groups is 1. The van der Waals surface area contributed by atoms with E-state index >= 15 is 4.39 Å². The van der Waals surface area contributed by atoms with Crippen molar-refractivity contribution in [3.05, 3.63) is 77.8 Å². The second-order valence-electron chi connectivity index (χ2n) is 12.0. The fourth-order valence-corrected chi connectivity index (χ4v) is 6.61. The third-order valence-electron chi connectivity index (χ3n) is 9.08. The predicted molar refractivity (Wildman–Crippen MR) is 167 cm³/mol. The van der Waals surface area contributed by atoms with Gasteiger partial charge in [0.15, 0.2) is 11.6 Å². The Morgan fingerprint density at radius 1 is 1.07 bits per heavy atom. The normalized spacial score (nSPS) is 23.7. The Hall–Kier alpha value is -4.18. The van der Waals surface area contributed by atoms with E-state index in [9.17, 15) is 4.79 Å². The van der Waals surface area contributed by atoms with Crippen LogP contribution in [0.1, 0.15) is 30.5 Å². The van der Waals surface area contributed by atoms with Crippen molar-refractivity contribution >= 4 is 29.0 Å². The molecule has 3 aliphatic rings. The Kier molecular flexibility index (Phi) is 8.21. The average Bonchev–Trinajstić information content (AvgIpc) is 3.62. The number of likely N-dealkylation sites (N-methyl/N-ethyl adjacent to an activating group) is 1. The number of nitrogens with zero attached hydrogens (tertiary/aromatic N) is 4. The van der Waals surface area contributed by atoms with E-state index in [0.29, 0.717) is 5.95 Å². The summed E-state index contributed by atoms with van der Waals surface area (Å²) in [6.45, 7) is 8.14. The number of aromatic nitrogens is 2. The first-order chi connectivity index (χ1) is 20.8. The Morgan fingerprint density at radius 3 is 2.53 bits per heavy atom. The van der Waals surface area contributed by atoms with Crippen molar-refractivity contribution in [2.24, 2.45) is 17.8 Å². The number of piperazine rings is 1. The first-order valence-corrected chi connectivity index (χ1v) is 15.0. The third-order valence-corrected chi connectivity index (χ3v) is 9.08. The monoisotopic (exact) mass is 585 g/mol. The summed E-state index contributed by atoms with van der Waals surface area (Å²) in [5.74, 6) is 0.418. The van der Waals surface area contributed by atoms with Gasteiger partial charge in [0.25, 0.3) is 0 Å². The highest BCUT2D eigenvalue weighted by Gasteiger charge is 2.48. The molecule has 2 aliphatic carbocycles. The highest BCUT2D eigenvalue weighted by atomic mass is 19.1. The molecule has 1 amide bonds. The molecule has 3 N–H and O–H groups in total. The number of fused-ring (bicyclic) bond motifs is 2. The summed E-state index contributed by atoms with van der Waals surface area (Å²) in [5, 5.41) is 9.70. The fraction of sp³-hybridized carbons (Fsp3) is 0.424. The zero-order valence-electron chi connectivity index (χ0n) is 25.2. The lowest BCUT2D eigenvalue weighted by atomic mass is 9.87. The number of amides is 1. The number of rotatable bonds is 9. The SMILES string of the molecule is COc1ccc([C@@H](C)NC(=O)[C@H]2[C@@H](Nc3nc(Nc4ccc(N5CCN(C)CC5)c(C)c4)ncc3F)[C@@H]3C=C[C@H]2C3)cc1. The van der Waals surface area contributed by atoms with Gasteiger partial charge in [-0.1, -0.05) is 24.3 Å². The predicted octanol–water partition coefficient (Wildman–Crippen LogP) is 4.91. The van der Waals surface area contributed by atoms with E-state index in [1.54, 1.807) is 7.11 Å². The number of carbonyl (C=O) groups excluding carboxylic acids is 1. The highest BCUT2D eigenvalue weighted by molar-refractivity contribution is 5.82. The van der Waals surface area contributed by atoms with Crippen molar-refractivity contribution in [2.45, 2.75) is 32.4 Å². The van der Waals surface area contributed by atoms with Crippen LogP contribution >= 0.6 is 0 Å². The van der Waals surface area contributed by atoms with Gasteiger partial charge >= 0.3 is 0 Å². The minimum absolute atomic E-state index is 0.0543. The maximum Gasteiger partial charge on any atom is 0.229 e. The molecule has 2 fully saturated rings. The van der Waals surface area contributed by atoms with Crippen LogP contribution in [0.15, 0.2) is 60.8 Å². The molecule has 0 unspecified atom stereocenters. The number of ether oxygens (including phenoxy) is 1. The molecule has 9 nitrogen and oxygen atoms in total. The molecule has 0 radical (unpaired) electrons. The molecule has 226 valence electrons. The lowest BCUT2D eigenvalue weighted by Crippen LogP contribution is -2.44. The van der Waals surface area contributed by atoms with Gasteiger partial charge in [0.05, 0.1) is 25.3 Å². The Bertz CT molecular complexity index is 1490. The largest absolute Gasteiger partial charge is 0.497 e. The van der Waals surface area contributed by atoms with Gasteiger partial charge in [-0.15, -0.1) is 0 Å². The minimum Gasteiger partial charge on any atom is -0.497 e. The second kappa shape index (κ2) is 12.2. The molecule has 2 aromatic carbocycles. The van der Waals surface area contributed by atoms with Crippen LogP contribution in [0.5, 0.6) is 5.75 Å². The van der Waals surface area contributed by atoms with Crippen molar-refractivity contribution in [1.82, 2.24) is 20.2 Å². The van der Waals surface area contributed by atoms with Crippen LogP contribution in [0, 0.1) is 30.5 Å². The first kappa shape index (κ1) is 28.9. The summed E-state index contributed by atoms with van der Waals surface area (Å²) < 4.78 is 20.3. The third kappa shape index (κ3) is 6.15. The van der Waals surface area contributed by atoms with Crippen LogP contribution in [0.4, 0.5) is 27.5 Å². The van der Waals surface area contributed by atoms with Crippen LogP contribution in [0.3, 0.4) is 0 Å². The standard InChI is InChI=1S/C33H40FN7O2/c1-20-17-25(9-12-28(20)41-15-13-40(3)14-16-41)37-33-35-19-27(34)31(39-33)38-30-24-6-5-23(18-24)29(30)32(42)36-21(2)22-7-10-26(43-4)11-8-22/h5-12,17,19,21,23-24,29-30H,13-16,18H2,1-4H3,(H,36,42)(H2,35,37,38,39)/t21-,23+,24-,29-,30+/m1/s1. The minimum atomic E-state index is -0.551. The van der Waals surface area contributed by atoms with Gasteiger partial charge in [0.2, 0.25) is 11.9 Å². The molecule has 6 rings (SSSR count). The number of nitrogens with one attached hydrogen (secondary N) is 3. The number of methoxy groups -OCH3 is 1. The summed E-state index contributed by atoms with van der Waals surface area (Å²) in [6, 6.07) is 13.4. The zero-order chi connectivity index (χ0) is 30.1. The van der Waals surface area contributed by atoms with Crippen molar-refractivity contribution in [3.63, 3.8) is 0 Å². The summed E-state index contributed by atoms with van der Waals surface area (Å²) >= 11 is 0. The second-order valence-corrected chi connectivity index (χ2v) is 12.0. The molecule has 1 aromatic heterocycles. The molecule has 1 saturated carbocycles. The van der Waals surface area contributed by atoms with Gasteiger partial charge in [0, 0.05) is 43.6 Å². The highest BCUT2D eigenvalue weighted by Crippen LogP contribution is 2.45. The molecule has 10 heteroatoms. The van der Waals surface area contributed by atoms with E-state index in [1.807, 2.05) is 37.3 Å². The quantitative estimate of drug-likeness (QED) is 0.305. The maximum atomic E-state index is 15.0. The van der Waals surface area contributed by atoms with E-state index in [1.165, 1.54) is 11.9 Å². The number of benzene rings is 2. The van der Waals surface area contributed by atoms with Crippen molar-refractivity contribution in [2.75, 3.05) is 55.9 Å². The molecule has 2 bridgehead atoms. The number of allylic oxidation sites excluding steroid dienone is 1. The van der Waals surface area contributed by atoms with Gasteiger partial charge in [0.1, 0.15) is 5.75 Å². The van der Waals surface area contributed by atoms with Crippen molar-refractivity contribution in [3.8, 4) is 5.75 Å². The number of hydrogen-bond acceptors (Lipinski definition) is 8. The first-order valence-electron chi connectivity index (χ1n) is 15.0. The average molecular weight is 586 g/mol. The van der Waals surface area contributed by atoms with Crippen LogP contribution in [-0.2, 0) is 4.79 Å². The Balaban J connectivity index is 1.14. The maximum absolute atomic E-state index is 15.0. The van der Waals surface area contributed by atoms with Crippen LogP contribution in [0.25, 0.3) is 0 Å². The summed E-state index contributed by atoms with van der Waals surface area (Å²) in [5.41, 5.74) is 4.19. The van der Waals surface area contributed by atoms with Gasteiger partial charge in [-0.2, -0.15) is 4.98 Å².